The van der Waals surface area contributed by atoms with Gasteiger partial charge in [0, 0.05) is 23.8 Å². The van der Waals surface area contributed by atoms with E-state index in [1.165, 1.54) is 19.2 Å². The maximum Gasteiger partial charge on any atom is 0.247 e. The van der Waals surface area contributed by atoms with Gasteiger partial charge < -0.3 is 15.1 Å². The second-order valence-electron chi connectivity index (χ2n) is 4.50. The van der Waals surface area contributed by atoms with Crippen molar-refractivity contribution in [3.63, 3.8) is 0 Å². The lowest BCUT2D eigenvalue weighted by atomic mass is 10.2. The second kappa shape index (κ2) is 5.18. The maximum absolute atomic E-state index is 5.15. The molecule has 2 heterocycles. The number of anilines is 1. The molecule has 94 valence electrons. The first kappa shape index (κ1) is 11.2. The van der Waals surface area contributed by atoms with Gasteiger partial charge in [-0.3, -0.25) is 0 Å². The van der Waals surface area contributed by atoms with Crippen molar-refractivity contribution in [1.82, 2.24) is 15.5 Å². The van der Waals surface area contributed by atoms with Crippen LogP contribution in [0.4, 0.5) is 5.69 Å². The van der Waals surface area contributed by atoms with Crippen molar-refractivity contribution in [2.24, 2.45) is 0 Å². The Morgan fingerprint density at radius 3 is 2.89 bits per heavy atom. The Morgan fingerprint density at radius 1 is 1.33 bits per heavy atom. The molecule has 0 radical (unpaired) electrons. The molecule has 0 bridgehead atoms. The molecule has 0 amide bonds. The molecule has 5 nitrogen and oxygen atoms in total. The predicted molar refractivity (Wildman–Crippen MR) is 69.2 cm³/mol. The SMILES string of the molecule is c1nnc(-c2ccc(NCC3CCCN3)cc2)o1. The van der Waals surface area contributed by atoms with Gasteiger partial charge >= 0.3 is 0 Å². The van der Waals surface area contributed by atoms with Gasteiger partial charge in [0.25, 0.3) is 0 Å². The highest BCUT2D eigenvalue weighted by molar-refractivity contribution is 5.58. The normalized spacial score (nSPS) is 19.0. The van der Waals surface area contributed by atoms with Crippen molar-refractivity contribution >= 4 is 5.69 Å². The highest BCUT2D eigenvalue weighted by Gasteiger charge is 2.13. The minimum atomic E-state index is 0.555. The average molecular weight is 244 g/mol. The van der Waals surface area contributed by atoms with Gasteiger partial charge in [-0.15, -0.1) is 10.2 Å². The van der Waals surface area contributed by atoms with Crippen LogP contribution in [0, 0.1) is 0 Å². The second-order valence-corrected chi connectivity index (χ2v) is 4.50. The fourth-order valence-corrected chi connectivity index (χ4v) is 2.20. The van der Waals surface area contributed by atoms with Gasteiger partial charge in [-0.1, -0.05) is 0 Å². The molecule has 3 rings (SSSR count). The third-order valence-electron chi connectivity index (χ3n) is 3.21. The van der Waals surface area contributed by atoms with E-state index in [4.69, 9.17) is 4.42 Å². The zero-order valence-electron chi connectivity index (χ0n) is 10.1. The molecule has 18 heavy (non-hydrogen) atoms. The number of aromatic nitrogens is 2. The third-order valence-corrected chi connectivity index (χ3v) is 3.21. The molecule has 2 aromatic rings. The van der Waals surface area contributed by atoms with E-state index in [-0.39, 0.29) is 0 Å². The van der Waals surface area contributed by atoms with Gasteiger partial charge in [-0.05, 0) is 43.7 Å². The first-order chi connectivity index (χ1) is 8.92. The molecule has 1 aliphatic rings. The number of benzene rings is 1. The summed E-state index contributed by atoms with van der Waals surface area (Å²) in [6.45, 7) is 2.11. The molecule has 0 spiro atoms. The standard InChI is InChI=1S/C13H16N4O/c1-2-12(14-7-1)8-15-11-5-3-10(4-6-11)13-17-16-9-18-13/h3-6,9,12,14-15H,1-2,7-8H2. The fraction of sp³-hybridized carbons (Fsp3) is 0.385. The maximum atomic E-state index is 5.15. The number of nitrogens with one attached hydrogen (secondary N) is 2. The largest absolute Gasteiger partial charge is 0.423 e. The van der Waals surface area contributed by atoms with Crippen molar-refractivity contribution in [2.75, 3.05) is 18.4 Å². The van der Waals surface area contributed by atoms with Crippen LogP contribution in [0.25, 0.3) is 11.5 Å². The van der Waals surface area contributed by atoms with Gasteiger partial charge in [-0.25, -0.2) is 0 Å². The van der Waals surface area contributed by atoms with E-state index < -0.39 is 0 Å². The van der Waals surface area contributed by atoms with E-state index in [1.54, 1.807) is 0 Å². The first-order valence-corrected chi connectivity index (χ1v) is 6.26. The summed E-state index contributed by atoms with van der Waals surface area (Å²) in [6, 6.07) is 8.64. The van der Waals surface area contributed by atoms with Crippen LogP contribution in [0.2, 0.25) is 0 Å². The van der Waals surface area contributed by atoms with E-state index in [0.717, 1.165) is 24.3 Å². The molecule has 2 N–H and O–H groups in total. The summed E-state index contributed by atoms with van der Waals surface area (Å²) in [5, 5.41) is 14.4. The molecule has 1 atom stereocenters. The van der Waals surface area contributed by atoms with E-state index in [1.807, 2.05) is 24.3 Å². The number of nitrogens with zero attached hydrogens (tertiary/aromatic N) is 2. The Bertz CT molecular complexity index is 474. The van der Waals surface area contributed by atoms with E-state index >= 15 is 0 Å². The molecule has 1 unspecified atom stereocenters. The lowest BCUT2D eigenvalue weighted by molar-refractivity contribution is 0.568. The van der Waals surface area contributed by atoms with Gasteiger partial charge in [0.05, 0.1) is 0 Å². The quantitative estimate of drug-likeness (QED) is 0.860. The molecular weight excluding hydrogens is 228 g/mol. The number of hydrogen-bond donors (Lipinski definition) is 2. The van der Waals surface area contributed by atoms with E-state index in [2.05, 4.69) is 20.8 Å². The van der Waals surface area contributed by atoms with Crippen LogP contribution in [0.5, 0.6) is 0 Å². The lowest BCUT2D eigenvalue weighted by Crippen LogP contribution is -2.29. The molecule has 1 saturated heterocycles. The summed E-state index contributed by atoms with van der Waals surface area (Å²) in [7, 11) is 0. The zero-order chi connectivity index (χ0) is 12.2. The summed E-state index contributed by atoms with van der Waals surface area (Å²) in [4.78, 5) is 0. The molecule has 0 saturated carbocycles. The molecule has 0 aliphatic carbocycles. The number of hydrogen-bond acceptors (Lipinski definition) is 5. The van der Waals surface area contributed by atoms with Gasteiger partial charge in [0.2, 0.25) is 12.3 Å². The zero-order valence-corrected chi connectivity index (χ0v) is 10.1. The summed E-state index contributed by atoms with van der Waals surface area (Å²) < 4.78 is 5.15. The van der Waals surface area contributed by atoms with Crippen LogP contribution < -0.4 is 10.6 Å². The van der Waals surface area contributed by atoms with Crippen molar-refractivity contribution in [3.05, 3.63) is 30.7 Å². The molecule has 1 aromatic carbocycles. The Labute approximate surface area is 106 Å². The molecule has 1 fully saturated rings. The smallest absolute Gasteiger partial charge is 0.247 e. The average Bonchev–Trinajstić information content (AvgIpc) is 3.10. The minimum Gasteiger partial charge on any atom is -0.423 e. The van der Waals surface area contributed by atoms with Gasteiger partial charge in [0.15, 0.2) is 0 Å². The van der Waals surface area contributed by atoms with Crippen LogP contribution >= 0.6 is 0 Å². The van der Waals surface area contributed by atoms with Crippen LogP contribution in [0.1, 0.15) is 12.8 Å². The predicted octanol–water partition coefficient (Wildman–Crippen LogP) is 1.90. The van der Waals surface area contributed by atoms with E-state index in [0.29, 0.717) is 11.9 Å². The monoisotopic (exact) mass is 244 g/mol. The van der Waals surface area contributed by atoms with Crippen LogP contribution in [0.15, 0.2) is 35.1 Å². The summed E-state index contributed by atoms with van der Waals surface area (Å²) in [5.74, 6) is 0.555. The Kier molecular flexibility index (Phi) is 3.23. The van der Waals surface area contributed by atoms with Crippen molar-refractivity contribution in [3.8, 4) is 11.5 Å². The Balaban J connectivity index is 1.60. The first-order valence-electron chi connectivity index (χ1n) is 6.26. The third kappa shape index (κ3) is 2.51. The summed E-state index contributed by atoms with van der Waals surface area (Å²) >= 11 is 0. The Hall–Kier alpha value is -1.88. The van der Waals surface area contributed by atoms with Crippen LogP contribution in [-0.2, 0) is 0 Å². The molecule has 1 aromatic heterocycles. The number of rotatable bonds is 4. The molecule has 5 heteroatoms. The molecular formula is C13H16N4O. The van der Waals surface area contributed by atoms with Crippen LogP contribution in [-0.4, -0.2) is 29.3 Å². The van der Waals surface area contributed by atoms with Crippen LogP contribution in [0.3, 0.4) is 0 Å². The highest BCUT2D eigenvalue weighted by atomic mass is 16.4. The summed E-state index contributed by atoms with van der Waals surface area (Å²) in [6.07, 6.45) is 3.88. The summed E-state index contributed by atoms with van der Waals surface area (Å²) in [5.41, 5.74) is 2.06. The van der Waals surface area contributed by atoms with Gasteiger partial charge in [0.1, 0.15) is 0 Å². The van der Waals surface area contributed by atoms with Crippen molar-refractivity contribution in [2.45, 2.75) is 18.9 Å². The lowest BCUT2D eigenvalue weighted by Gasteiger charge is -2.12. The Morgan fingerprint density at radius 2 is 2.22 bits per heavy atom. The molecule has 1 aliphatic heterocycles. The fourth-order valence-electron chi connectivity index (χ4n) is 2.20. The van der Waals surface area contributed by atoms with E-state index in [9.17, 15) is 0 Å². The topological polar surface area (TPSA) is 63.0 Å². The minimum absolute atomic E-state index is 0.555. The highest BCUT2D eigenvalue weighted by Crippen LogP contribution is 2.19. The van der Waals surface area contributed by atoms with Crippen molar-refractivity contribution in [1.29, 1.82) is 0 Å². The van der Waals surface area contributed by atoms with Crippen molar-refractivity contribution < 1.29 is 4.42 Å². The van der Waals surface area contributed by atoms with Gasteiger partial charge in [-0.2, -0.15) is 0 Å².